The summed E-state index contributed by atoms with van der Waals surface area (Å²) < 4.78 is 0. The Kier molecular flexibility index (Phi) is 4.38. The van der Waals surface area contributed by atoms with Gasteiger partial charge in [0.15, 0.2) is 5.78 Å². The van der Waals surface area contributed by atoms with Crippen LogP contribution in [0.15, 0.2) is 41.6 Å². The Hall–Kier alpha value is -1.90. The van der Waals surface area contributed by atoms with Crippen molar-refractivity contribution in [3.8, 4) is 0 Å². The molecule has 106 valence electrons. The third kappa shape index (κ3) is 2.82. The minimum atomic E-state index is 0.0910. The summed E-state index contributed by atoms with van der Waals surface area (Å²) in [5.74, 6) is 0.0910. The number of ketones is 1. The van der Waals surface area contributed by atoms with Crippen LogP contribution < -0.4 is 0 Å². The van der Waals surface area contributed by atoms with Crippen LogP contribution in [0.4, 0.5) is 0 Å². The predicted molar refractivity (Wildman–Crippen MR) is 82.5 cm³/mol. The van der Waals surface area contributed by atoms with Crippen LogP contribution in [-0.2, 0) is 4.79 Å². The van der Waals surface area contributed by atoms with Crippen molar-refractivity contribution in [2.75, 3.05) is 0 Å². The molecule has 0 bridgehead atoms. The average Bonchev–Trinajstić information content (AvgIpc) is 2.80. The number of nitrogens with zero attached hydrogens (tertiary/aromatic N) is 2. The molecule has 2 rings (SSSR count). The first-order valence-electron chi connectivity index (χ1n) is 7.15. The van der Waals surface area contributed by atoms with E-state index in [4.69, 9.17) is 0 Å². The Balaban J connectivity index is 2.33. The number of carbonyl (C=O) groups excluding carboxylic acids is 1. The van der Waals surface area contributed by atoms with Gasteiger partial charge in [-0.3, -0.25) is 9.80 Å². The highest BCUT2D eigenvalue weighted by Crippen LogP contribution is 2.39. The van der Waals surface area contributed by atoms with Crippen LogP contribution in [0.5, 0.6) is 0 Å². The molecule has 1 atom stereocenters. The van der Waals surface area contributed by atoms with Gasteiger partial charge in [-0.1, -0.05) is 37.8 Å². The molecule has 0 N–H and O–H groups in total. The smallest absolute Gasteiger partial charge is 0.178 e. The van der Waals surface area contributed by atoms with Crippen LogP contribution >= 0.6 is 0 Å². The summed E-state index contributed by atoms with van der Waals surface area (Å²) in [6.07, 6.45) is 2.42. The van der Waals surface area contributed by atoms with E-state index >= 15 is 0 Å². The van der Waals surface area contributed by atoms with E-state index in [-0.39, 0.29) is 11.8 Å². The fourth-order valence-corrected chi connectivity index (χ4v) is 2.62. The molecular formula is C17H22N2O. The van der Waals surface area contributed by atoms with Gasteiger partial charge in [0.05, 0.1) is 6.04 Å². The SMILES string of the molecule is C=C1CCC(c2ccccc2C)N1/N=C(\C)C(=O)CC. The van der Waals surface area contributed by atoms with Gasteiger partial charge < -0.3 is 0 Å². The van der Waals surface area contributed by atoms with Crippen LogP contribution in [0.3, 0.4) is 0 Å². The maximum atomic E-state index is 11.7. The van der Waals surface area contributed by atoms with Crippen LogP contribution in [0.25, 0.3) is 0 Å². The van der Waals surface area contributed by atoms with Gasteiger partial charge in [-0.15, -0.1) is 0 Å². The highest BCUT2D eigenvalue weighted by molar-refractivity contribution is 6.38. The lowest BCUT2D eigenvalue weighted by atomic mass is 10.00. The van der Waals surface area contributed by atoms with Crippen molar-refractivity contribution < 1.29 is 4.79 Å². The number of hydrogen-bond acceptors (Lipinski definition) is 3. The number of Topliss-reactive ketones (excluding diaryl/α,β-unsaturated/α-hetero) is 1. The summed E-state index contributed by atoms with van der Waals surface area (Å²) in [4.78, 5) is 11.7. The van der Waals surface area contributed by atoms with E-state index in [0.717, 1.165) is 18.5 Å². The van der Waals surface area contributed by atoms with Crippen LogP contribution in [-0.4, -0.2) is 16.5 Å². The Bertz CT molecular complexity index is 560. The second-order valence-electron chi connectivity index (χ2n) is 5.28. The van der Waals surface area contributed by atoms with Crippen molar-refractivity contribution in [2.24, 2.45) is 5.10 Å². The summed E-state index contributed by atoms with van der Waals surface area (Å²) in [6.45, 7) is 9.84. The first-order valence-corrected chi connectivity index (χ1v) is 7.15. The molecule has 0 spiro atoms. The minimum absolute atomic E-state index is 0.0910. The lowest BCUT2D eigenvalue weighted by molar-refractivity contribution is -0.112. The zero-order valence-electron chi connectivity index (χ0n) is 12.5. The number of hydrogen-bond donors (Lipinski definition) is 0. The van der Waals surface area contributed by atoms with Crippen LogP contribution in [0.2, 0.25) is 0 Å². The monoisotopic (exact) mass is 270 g/mol. The molecular weight excluding hydrogens is 248 g/mol. The van der Waals surface area contributed by atoms with Crippen molar-refractivity contribution >= 4 is 11.5 Å². The molecule has 1 saturated heterocycles. The number of rotatable bonds is 4. The Morgan fingerprint density at radius 2 is 2.15 bits per heavy atom. The van der Waals surface area contributed by atoms with E-state index in [0.29, 0.717) is 12.1 Å². The quantitative estimate of drug-likeness (QED) is 0.775. The van der Waals surface area contributed by atoms with Crippen LogP contribution in [0.1, 0.15) is 50.3 Å². The molecule has 1 unspecified atom stereocenters. The molecule has 1 aromatic carbocycles. The molecule has 0 saturated carbocycles. The van der Waals surface area contributed by atoms with Gasteiger partial charge in [-0.2, -0.15) is 5.10 Å². The first kappa shape index (κ1) is 14.5. The summed E-state index contributed by atoms with van der Waals surface area (Å²) in [7, 11) is 0. The Morgan fingerprint density at radius 1 is 1.45 bits per heavy atom. The standard InChI is InChI=1S/C17H22N2O/c1-5-17(20)14(4)18-19-13(3)10-11-16(19)15-9-7-6-8-12(15)2/h6-9,16H,3,5,10-11H2,1-2,4H3/b18-14+. The Morgan fingerprint density at radius 3 is 2.80 bits per heavy atom. The summed E-state index contributed by atoms with van der Waals surface area (Å²) in [5, 5.41) is 6.46. The predicted octanol–water partition coefficient (Wildman–Crippen LogP) is 4.00. The van der Waals surface area contributed by atoms with Gasteiger partial charge in [-0.25, -0.2) is 0 Å². The average molecular weight is 270 g/mol. The van der Waals surface area contributed by atoms with Crippen molar-refractivity contribution in [1.29, 1.82) is 0 Å². The largest absolute Gasteiger partial charge is 0.293 e. The zero-order chi connectivity index (χ0) is 14.7. The van der Waals surface area contributed by atoms with E-state index in [1.807, 2.05) is 18.0 Å². The fraction of sp³-hybridized carbons (Fsp3) is 0.412. The van der Waals surface area contributed by atoms with E-state index in [1.54, 1.807) is 6.92 Å². The fourth-order valence-electron chi connectivity index (χ4n) is 2.62. The molecule has 1 heterocycles. The molecule has 3 nitrogen and oxygen atoms in total. The number of aryl methyl sites for hydroxylation is 1. The molecule has 0 aliphatic carbocycles. The molecule has 0 radical (unpaired) electrons. The lowest BCUT2D eigenvalue weighted by Gasteiger charge is -2.24. The van der Waals surface area contributed by atoms with Crippen molar-refractivity contribution in [3.05, 3.63) is 47.7 Å². The molecule has 1 aromatic rings. The maximum absolute atomic E-state index is 11.7. The number of hydrazone groups is 1. The second kappa shape index (κ2) is 6.04. The van der Waals surface area contributed by atoms with Gasteiger partial charge in [0.25, 0.3) is 0 Å². The summed E-state index contributed by atoms with van der Waals surface area (Å²) in [6, 6.07) is 8.54. The topological polar surface area (TPSA) is 32.7 Å². The van der Waals surface area contributed by atoms with Crippen molar-refractivity contribution in [2.45, 2.75) is 46.1 Å². The van der Waals surface area contributed by atoms with E-state index in [2.05, 4.69) is 36.8 Å². The highest BCUT2D eigenvalue weighted by Gasteiger charge is 2.29. The third-order valence-corrected chi connectivity index (χ3v) is 3.86. The van der Waals surface area contributed by atoms with Gasteiger partial charge in [0.1, 0.15) is 5.71 Å². The van der Waals surface area contributed by atoms with Gasteiger partial charge in [0, 0.05) is 12.1 Å². The zero-order valence-corrected chi connectivity index (χ0v) is 12.5. The first-order chi connectivity index (χ1) is 9.54. The third-order valence-electron chi connectivity index (χ3n) is 3.86. The van der Waals surface area contributed by atoms with Gasteiger partial charge in [0.2, 0.25) is 0 Å². The molecule has 0 aromatic heterocycles. The van der Waals surface area contributed by atoms with Gasteiger partial charge >= 0.3 is 0 Å². The van der Waals surface area contributed by atoms with Gasteiger partial charge in [-0.05, 0) is 37.8 Å². The van der Waals surface area contributed by atoms with Crippen molar-refractivity contribution in [3.63, 3.8) is 0 Å². The number of benzene rings is 1. The molecule has 1 aliphatic heterocycles. The molecule has 20 heavy (non-hydrogen) atoms. The molecule has 1 fully saturated rings. The Labute approximate surface area is 121 Å². The number of allylic oxidation sites excluding steroid dienone is 1. The van der Waals surface area contributed by atoms with Crippen molar-refractivity contribution in [1.82, 2.24) is 5.01 Å². The minimum Gasteiger partial charge on any atom is -0.293 e. The summed E-state index contributed by atoms with van der Waals surface area (Å²) >= 11 is 0. The molecule has 3 heteroatoms. The highest BCUT2D eigenvalue weighted by atomic mass is 16.1. The molecule has 0 amide bonds. The van der Waals surface area contributed by atoms with Crippen LogP contribution in [0, 0.1) is 6.92 Å². The lowest BCUT2D eigenvalue weighted by Crippen LogP contribution is -2.21. The molecule has 1 aliphatic rings. The van der Waals surface area contributed by atoms with E-state index in [9.17, 15) is 4.79 Å². The van der Waals surface area contributed by atoms with E-state index < -0.39 is 0 Å². The normalized spacial score (nSPS) is 19.6. The number of carbonyl (C=O) groups is 1. The summed E-state index contributed by atoms with van der Waals surface area (Å²) in [5.41, 5.74) is 4.08. The second-order valence-corrected chi connectivity index (χ2v) is 5.28. The van der Waals surface area contributed by atoms with E-state index in [1.165, 1.54) is 11.1 Å². The maximum Gasteiger partial charge on any atom is 0.178 e.